The summed E-state index contributed by atoms with van der Waals surface area (Å²) in [7, 11) is 2.00. The molecule has 1 aromatic carbocycles. The molecular formula is C10H12BrClFN. The number of halogens is 3. The van der Waals surface area contributed by atoms with Gasteiger partial charge in [-0.15, -0.1) is 0 Å². The van der Waals surface area contributed by atoms with Gasteiger partial charge in [-0.05, 0) is 24.7 Å². The third kappa shape index (κ3) is 3.56. The summed E-state index contributed by atoms with van der Waals surface area (Å²) in [4.78, 5) is 2.12. The highest BCUT2D eigenvalue weighted by Gasteiger charge is 2.04. The maximum atomic E-state index is 12.7. The van der Waals surface area contributed by atoms with Gasteiger partial charge >= 0.3 is 0 Å². The first-order valence-electron chi connectivity index (χ1n) is 4.32. The Labute approximate surface area is 97.0 Å². The van der Waals surface area contributed by atoms with Gasteiger partial charge in [-0.2, -0.15) is 0 Å². The maximum absolute atomic E-state index is 12.7. The number of hydrogen-bond donors (Lipinski definition) is 0. The van der Waals surface area contributed by atoms with Gasteiger partial charge in [0.1, 0.15) is 5.82 Å². The molecule has 0 N–H and O–H groups in total. The quantitative estimate of drug-likeness (QED) is 0.765. The smallest absolute Gasteiger partial charge is 0.124 e. The summed E-state index contributed by atoms with van der Waals surface area (Å²) in [5.74, 6) is -0.290. The lowest BCUT2D eigenvalue weighted by atomic mass is 10.2. The van der Waals surface area contributed by atoms with Gasteiger partial charge in [0.2, 0.25) is 0 Å². The Morgan fingerprint density at radius 3 is 2.79 bits per heavy atom. The topological polar surface area (TPSA) is 3.24 Å². The van der Waals surface area contributed by atoms with E-state index < -0.39 is 0 Å². The Kier molecular flexibility index (Phi) is 4.85. The van der Waals surface area contributed by atoms with Gasteiger partial charge in [-0.1, -0.05) is 33.6 Å². The molecule has 0 aliphatic heterocycles. The van der Waals surface area contributed by atoms with E-state index in [4.69, 9.17) is 11.6 Å². The Bertz CT molecular complexity index is 306. The molecule has 0 bridgehead atoms. The monoisotopic (exact) mass is 279 g/mol. The SMILES string of the molecule is CN(CCBr)Cc1ccc(F)cc1Cl. The molecule has 0 aliphatic carbocycles. The second kappa shape index (κ2) is 5.69. The van der Waals surface area contributed by atoms with Crippen molar-refractivity contribution >= 4 is 27.5 Å². The van der Waals surface area contributed by atoms with Crippen LogP contribution in [-0.2, 0) is 6.54 Å². The van der Waals surface area contributed by atoms with Crippen molar-refractivity contribution in [2.24, 2.45) is 0 Å². The summed E-state index contributed by atoms with van der Waals surface area (Å²) < 4.78 is 12.7. The third-order valence-electron chi connectivity index (χ3n) is 1.92. The average Bonchev–Trinajstić information content (AvgIpc) is 2.10. The van der Waals surface area contributed by atoms with Crippen LogP contribution in [0.1, 0.15) is 5.56 Å². The summed E-state index contributed by atoms with van der Waals surface area (Å²) in [6, 6.07) is 4.50. The Hall–Kier alpha value is -0.120. The van der Waals surface area contributed by atoms with Crippen LogP contribution >= 0.6 is 27.5 Å². The number of nitrogens with zero attached hydrogens (tertiary/aromatic N) is 1. The van der Waals surface area contributed by atoms with E-state index in [1.807, 2.05) is 7.05 Å². The van der Waals surface area contributed by atoms with Crippen molar-refractivity contribution in [1.29, 1.82) is 0 Å². The van der Waals surface area contributed by atoms with Crippen molar-refractivity contribution in [2.75, 3.05) is 18.9 Å². The molecule has 0 aromatic heterocycles. The molecule has 0 amide bonds. The molecule has 0 aliphatic rings. The summed E-state index contributed by atoms with van der Waals surface area (Å²) in [6.07, 6.45) is 0. The fourth-order valence-corrected chi connectivity index (χ4v) is 2.00. The van der Waals surface area contributed by atoms with Gasteiger partial charge in [0, 0.05) is 23.4 Å². The van der Waals surface area contributed by atoms with Gasteiger partial charge in [0.05, 0.1) is 0 Å². The van der Waals surface area contributed by atoms with Crippen molar-refractivity contribution in [3.63, 3.8) is 0 Å². The minimum absolute atomic E-state index is 0.290. The minimum Gasteiger partial charge on any atom is -0.301 e. The van der Waals surface area contributed by atoms with Crippen LogP contribution in [0.3, 0.4) is 0 Å². The molecule has 0 saturated heterocycles. The third-order valence-corrected chi connectivity index (χ3v) is 2.63. The van der Waals surface area contributed by atoms with Gasteiger partial charge < -0.3 is 4.90 Å². The van der Waals surface area contributed by atoms with E-state index in [2.05, 4.69) is 20.8 Å². The zero-order valence-corrected chi connectivity index (χ0v) is 10.3. The predicted molar refractivity (Wildman–Crippen MR) is 61.5 cm³/mol. The van der Waals surface area contributed by atoms with Crippen LogP contribution in [0.5, 0.6) is 0 Å². The van der Waals surface area contributed by atoms with E-state index in [0.717, 1.165) is 24.0 Å². The van der Waals surface area contributed by atoms with Crippen LogP contribution in [0.4, 0.5) is 4.39 Å². The first-order valence-corrected chi connectivity index (χ1v) is 5.82. The van der Waals surface area contributed by atoms with E-state index >= 15 is 0 Å². The van der Waals surface area contributed by atoms with Gasteiger partial charge in [-0.25, -0.2) is 4.39 Å². The summed E-state index contributed by atoms with van der Waals surface area (Å²) >= 11 is 9.25. The van der Waals surface area contributed by atoms with Crippen LogP contribution in [0.25, 0.3) is 0 Å². The Morgan fingerprint density at radius 1 is 1.50 bits per heavy atom. The van der Waals surface area contributed by atoms with Gasteiger partial charge in [-0.3, -0.25) is 0 Å². The standard InChI is InChI=1S/C10H12BrClFN/c1-14(5-4-11)7-8-2-3-9(13)6-10(8)12/h2-3,6H,4-5,7H2,1H3. The molecule has 0 spiro atoms. The zero-order valence-electron chi connectivity index (χ0n) is 7.93. The fraction of sp³-hybridized carbons (Fsp3) is 0.400. The van der Waals surface area contributed by atoms with Crippen molar-refractivity contribution < 1.29 is 4.39 Å². The first kappa shape index (κ1) is 12.0. The Balaban J connectivity index is 2.67. The maximum Gasteiger partial charge on any atom is 0.124 e. The molecular weight excluding hydrogens is 268 g/mol. The van der Waals surface area contributed by atoms with Crippen molar-refractivity contribution in [3.05, 3.63) is 34.6 Å². The molecule has 1 rings (SSSR count). The Morgan fingerprint density at radius 2 is 2.21 bits per heavy atom. The van der Waals surface area contributed by atoms with E-state index in [0.29, 0.717) is 5.02 Å². The molecule has 1 nitrogen and oxygen atoms in total. The molecule has 14 heavy (non-hydrogen) atoms. The van der Waals surface area contributed by atoms with Crippen LogP contribution in [0, 0.1) is 5.82 Å². The number of rotatable bonds is 4. The fourth-order valence-electron chi connectivity index (χ4n) is 1.16. The molecule has 1 aromatic rings. The highest BCUT2D eigenvalue weighted by Crippen LogP contribution is 2.18. The highest BCUT2D eigenvalue weighted by molar-refractivity contribution is 9.09. The number of benzene rings is 1. The molecule has 78 valence electrons. The van der Waals surface area contributed by atoms with Gasteiger partial charge in [0.15, 0.2) is 0 Å². The van der Waals surface area contributed by atoms with Crippen LogP contribution in [0.2, 0.25) is 5.02 Å². The normalized spacial score (nSPS) is 10.9. The molecule has 0 unspecified atom stereocenters. The highest BCUT2D eigenvalue weighted by atomic mass is 79.9. The molecule has 0 fully saturated rings. The minimum atomic E-state index is -0.290. The van der Waals surface area contributed by atoms with E-state index in [-0.39, 0.29) is 5.82 Å². The van der Waals surface area contributed by atoms with Crippen LogP contribution in [-0.4, -0.2) is 23.8 Å². The van der Waals surface area contributed by atoms with E-state index in [1.165, 1.54) is 12.1 Å². The average molecular weight is 281 g/mol. The largest absolute Gasteiger partial charge is 0.301 e. The van der Waals surface area contributed by atoms with Crippen molar-refractivity contribution in [3.8, 4) is 0 Å². The molecule has 0 heterocycles. The lowest BCUT2D eigenvalue weighted by Crippen LogP contribution is -2.20. The lowest BCUT2D eigenvalue weighted by Gasteiger charge is -2.15. The van der Waals surface area contributed by atoms with E-state index in [1.54, 1.807) is 6.07 Å². The second-order valence-electron chi connectivity index (χ2n) is 3.16. The van der Waals surface area contributed by atoms with E-state index in [9.17, 15) is 4.39 Å². The summed E-state index contributed by atoms with van der Waals surface area (Å²) in [5.41, 5.74) is 0.955. The first-order chi connectivity index (χ1) is 6.63. The van der Waals surface area contributed by atoms with Crippen molar-refractivity contribution in [2.45, 2.75) is 6.54 Å². The van der Waals surface area contributed by atoms with Gasteiger partial charge in [0.25, 0.3) is 0 Å². The zero-order chi connectivity index (χ0) is 10.6. The lowest BCUT2D eigenvalue weighted by molar-refractivity contribution is 0.349. The summed E-state index contributed by atoms with van der Waals surface area (Å²) in [6.45, 7) is 1.68. The van der Waals surface area contributed by atoms with Crippen LogP contribution < -0.4 is 0 Å². The van der Waals surface area contributed by atoms with Crippen LogP contribution in [0.15, 0.2) is 18.2 Å². The second-order valence-corrected chi connectivity index (χ2v) is 4.36. The predicted octanol–water partition coefficient (Wildman–Crippen LogP) is 3.31. The number of alkyl halides is 1. The molecule has 4 heteroatoms. The molecule has 0 radical (unpaired) electrons. The number of hydrogen-bond acceptors (Lipinski definition) is 1. The molecule has 0 atom stereocenters. The summed E-state index contributed by atoms with van der Waals surface area (Å²) in [5, 5.41) is 1.41. The molecule has 0 saturated carbocycles. The van der Waals surface area contributed by atoms with Crippen molar-refractivity contribution in [1.82, 2.24) is 4.90 Å².